The fourth-order valence-corrected chi connectivity index (χ4v) is 4.51. The van der Waals surface area contributed by atoms with Crippen LogP contribution in [0.4, 0.5) is 5.95 Å². The monoisotopic (exact) mass is 348 g/mol. The normalized spacial score (nSPS) is 20.1. The smallest absolute Gasteiger partial charge is 0.226 e. The number of likely N-dealkylation sites (tertiary alicyclic amines) is 1. The second kappa shape index (κ2) is 6.99. The van der Waals surface area contributed by atoms with Crippen LogP contribution < -0.4 is 4.90 Å². The summed E-state index contributed by atoms with van der Waals surface area (Å²) in [5, 5.41) is 0. The fourth-order valence-electron chi connectivity index (χ4n) is 4.51. The van der Waals surface area contributed by atoms with Crippen molar-refractivity contribution in [3.8, 4) is 11.3 Å². The molecule has 3 aliphatic rings. The molecule has 0 saturated carbocycles. The molecule has 5 rings (SSSR count). The molecular weight excluding hydrogens is 320 g/mol. The lowest BCUT2D eigenvalue weighted by atomic mass is 10.0. The molecule has 0 N–H and O–H groups in total. The molecule has 2 fully saturated rings. The van der Waals surface area contributed by atoms with Crippen molar-refractivity contribution in [2.75, 3.05) is 31.1 Å². The van der Waals surface area contributed by atoms with Crippen LogP contribution in [-0.4, -0.2) is 41.0 Å². The third-order valence-electron chi connectivity index (χ3n) is 6.12. The largest absolute Gasteiger partial charge is 0.341 e. The predicted octanol–water partition coefficient (Wildman–Crippen LogP) is 3.83. The Hall–Kier alpha value is -1.94. The van der Waals surface area contributed by atoms with Gasteiger partial charge in [-0.2, -0.15) is 0 Å². The van der Waals surface area contributed by atoms with Gasteiger partial charge < -0.3 is 4.90 Å². The van der Waals surface area contributed by atoms with Crippen molar-refractivity contribution in [2.24, 2.45) is 0 Å². The number of hydrogen-bond acceptors (Lipinski definition) is 4. The lowest BCUT2D eigenvalue weighted by Crippen LogP contribution is -2.38. The van der Waals surface area contributed by atoms with Crippen LogP contribution in [0.1, 0.15) is 48.9 Å². The topological polar surface area (TPSA) is 32.3 Å². The van der Waals surface area contributed by atoms with Crippen molar-refractivity contribution in [1.29, 1.82) is 0 Å². The van der Waals surface area contributed by atoms with Crippen molar-refractivity contribution < 1.29 is 0 Å². The molecule has 0 spiro atoms. The molecule has 0 unspecified atom stereocenters. The summed E-state index contributed by atoms with van der Waals surface area (Å²) >= 11 is 0. The van der Waals surface area contributed by atoms with Gasteiger partial charge in [0.25, 0.3) is 0 Å². The molecule has 3 heterocycles. The Morgan fingerprint density at radius 2 is 1.73 bits per heavy atom. The molecule has 0 bridgehead atoms. The molecule has 1 aromatic heterocycles. The van der Waals surface area contributed by atoms with Gasteiger partial charge in [-0.05, 0) is 63.2 Å². The average molecular weight is 348 g/mol. The van der Waals surface area contributed by atoms with E-state index in [-0.39, 0.29) is 0 Å². The molecule has 0 atom stereocenters. The lowest BCUT2D eigenvalue weighted by Gasteiger charge is -2.31. The summed E-state index contributed by atoms with van der Waals surface area (Å²) < 4.78 is 0. The van der Waals surface area contributed by atoms with Crippen LogP contribution in [0.25, 0.3) is 11.3 Å². The highest BCUT2D eigenvalue weighted by Crippen LogP contribution is 2.33. The zero-order valence-electron chi connectivity index (χ0n) is 15.6. The maximum Gasteiger partial charge on any atom is 0.226 e. The van der Waals surface area contributed by atoms with Gasteiger partial charge in [0.15, 0.2) is 0 Å². The third kappa shape index (κ3) is 3.11. The first-order valence-electron chi connectivity index (χ1n) is 10.3. The first-order chi connectivity index (χ1) is 12.9. The number of rotatable bonds is 4. The van der Waals surface area contributed by atoms with Gasteiger partial charge in [0, 0.05) is 36.5 Å². The zero-order chi connectivity index (χ0) is 17.3. The standard InChI is InChI=1S/C22H28N4/c1-2-11-25(12-3-1)16-17-7-4-8-18(15-17)21-19-9-5-10-20(19)23-22(24-21)26-13-6-14-26/h4,7-8,15H,1-3,5-6,9-14,16H2. The van der Waals surface area contributed by atoms with E-state index in [4.69, 9.17) is 9.97 Å². The number of piperidine rings is 1. The molecule has 1 aliphatic carbocycles. The Morgan fingerprint density at radius 3 is 2.54 bits per heavy atom. The number of aryl methyl sites for hydroxylation is 1. The fraction of sp³-hybridized carbons (Fsp3) is 0.545. The van der Waals surface area contributed by atoms with Gasteiger partial charge in [0.2, 0.25) is 5.95 Å². The van der Waals surface area contributed by atoms with Gasteiger partial charge in [-0.25, -0.2) is 9.97 Å². The van der Waals surface area contributed by atoms with Crippen LogP contribution in [-0.2, 0) is 19.4 Å². The number of hydrogen-bond donors (Lipinski definition) is 0. The first-order valence-corrected chi connectivity index (χ1v) is 10.3. The minimum Gasteiger partial charge on any atom is -0.341 e. The molecule has 4 heteroatoms. The van der Waals surface area contributed by atoms with Crippen molar-refractivity contribution in [1.82, 2.24) is 14.9 Å². The summed E-state index contributed by atoms with van der Waals surface area (Å²) in [5.41, 5.74) is 6.57. The van der Waals surface area contributed by atoms with Gasteiger partial charge >= 0.3 is 0 Å². The van der Waals surface area contributed by atoms with E-state index < -0.39 is 0 Å². The van der Waals surface area contributed by atoms with Crippen LogP contribution in [0, 0.1) is 0 Å². The van der Waals surface area contributed by atoms with Crippen LogP contribution in [0.15, 0.2) is 24.3 Å². The molecule has 2 aliphatic heterocycles. The molecule has 4 nitrogen and oxygen atoms in total. The number of fused-ring (bicyclic) bond motifs is 1. The van der Waals surface area contributed by atoms with Crippen LogP contribution in [0.3, 0.4) is 0 Å². The second-order valence-electron chi connectivity index (χ2n) is 8.03. The van der Waals surface area contributed by atoms with Crippen LogP contribution >= 0.6 is 0 Å². The highest BCUT2D eigenvalue weighted by molar-refractivity contribution is 5.67. The summed E-state index contributed by atoms with van der Waals surface area (Å²) in [6.07, 6.45) is 8.80. The van der Waals surface area contributed by atoms with Gasteiger partial charge in [-0.1, -0.05) is 24.6 Å². The molecule has 1 aromatic carbocycles. The Morgan fingerprint density at radius 1 is 0.846 bits per heavy atom. The summed E-state index contributed by atoms with van der Waals surface area (Å²) in [6, 6.07) is 9.09. The molecule has 0 radical (unpaired) electrons. The SMILES string of the molecule is c1cc(CN2CCCCC2)cc(-c2nc(N3CCC3)nc3c2CCC3)c1. The van der Waals surface area contributed by atoms with Crippen LogP contribution in [0.2, 0.25) is 0 Å². The van der Waals surface area contributed by atoms with Gasteiger partial charge in [0.05, 0.1) is 5.69 Å². The summed E-state index contributed by atoms with van der Waals surface area (Å²) in [6.45, 7) is 5.76. The second-order valence-corrected chi connectivity index (χ2v) is 8.03. The van der Waals surface area contributed by atoms with Gasteiger partial charge in [-0.3, -0.25) is 4.90 Å². The quantitative estimate of drug-likeness (QED) is 0.841. The highest BCUT2D eigenvalue weighted by atomic mass is 15.3. The Kier molecular flexibility index (Phi) is 4.37. The zero-order valence-corrected chi connectivity index (χ0v) is 15.6. The van der Waals surface area contributed by atoms with E-state index in [0.29, 0.717) is 0 Å². The minimum atomic E-state index is 0.952. The Bertz CT molecular complexity index is 791. The third-order valence-corrected chi connectivity index (χ3v) is 6.12. The maximum atomic E-state index is 5.03. The molecule has 2 saturated heterocycles. The van der Waals surface area contributed by atoms with E-state index in [1.54, 1.807) is 0 Å². The van der Waals surface area contributed by atoms with E-state index in [1.165, 1.54) is 73.3 Å². The van der Waals surface area contributed by atoms with Gasteiger partial charge in [-0.15, -0.1) is 0 Å². The maximum absolute atomic E-state index is 5.03. The van der Waals surface area contributed by atoms with E-state index in [2.05, 4.69) is 34.1 Å². The summed E-state index contributed by atoms with van der Waals surface area (Å²) in [4.78, 5) is 14.8. The van der Waals surface area contributed by atoms with E-state index >= 15 is 0 Å². The van der Waals surface area contributed by atoms with E-state index in [0.717, 1.165) is 38.4 Å². The lowest BCUT2D eigenvalue weighted by molar-refractivity contribution is 0.221. The van der Waals surface area contributed by atoms with E-state index in [9.17, 15) is 0 Å². The van der Waals surface area contributed by atoms with Crippen LogP contribution in [0.5, 0.6) is 0 Å². The van der Waals surface area contributed by atoms with Crippen molar-refractivity contribution in [3.05, 3.63) is 41.1 Å². The summed E-state index contributed by atoms with van der Waals surface area (Å²) in [7, 11) is 0. The first kappa shape index (κ1) is 16.2. The minimum absolute atomic E-state index is 0.952. The number of nitrogens with zero attached hydrogens (tertiary/aromatic N) is 4. The summed E-state index contributed by atoms with van der Waals surface area (Å²) in [5.74, 6) is 0.952. The molecule has 0 amide bonds. The number of anilines is 1. The Labute approximate surface area is 156 Å². The van der Waals surface area contributed by atoms with Gasteiger partial charge in [0.1, 0.15) is 0 Å². The highest BCUT2D eigenvalue weighted by Gasteiger charge is 2.24. The number of aromatic nitrogens is 2. The molecule has 26 heavy (non-hydrogen) atoms. The molecule has 136 valence electrons. The van der Waals surface area contributed by atoms with Crippen molar-refractivity contribution in [3.63, 3.8) is 0 Å². The predicted molar refractivity (Wildman–Crippen MR) is 105 cm³/mol. The number of benzene rings is 1. The Balaban J connectivity index is 1.47. The average Bonchev–Trinajstić information content (AvgIpc) is 3.09. The van der Waals surface area contributed by atoms with Crippen molar-refractivity contribution >= 4 is 5.95 Å². The molecular formula is C22H28N4. The van der Waals surface area contributed by atoms with E-state index in [1.807, 2.05) is 0 Å². The van der Waals surface area contributed by atoms with Crippen molar-refractivity contribution in [2.45, 2.75) is 51.5 Å². The molecule has 2 aromatic rings.